The van der Waals surface area contributed by atoms with Crippen molar-refractivity contribution in [2.24, 2.45) is 0 Å². The maximum atomic E-state index is 12.3. The number of nitrogens with one attached hydrogen (secondary N) is 2. The van der Waals surface area contributed by atoms with Gasteiger partial charge in [0.05, 0.1) is 6.04 Å². The average molecular weight is 354 g/mol. The van der Waals surface area contributed by atoms with Crippen LogP contribution in [0.2, 0.25) is 0 Å². The van der Waals surface area contributed by atoms with Gasteiger partial charge in [-0.1, -0.05) is 6.07 Å². The predicted octanol–water partition coefficient (Wildman–Crippen LogP) is 3.96. The molecular formula is C19H22N4OS. The highest BCUT2D eigenvalue weighted by Crippen LogP contribution is 2.20. The maximum absolute atomic E-state index is 12.3. The van der Waals surface area contributed by atoms with Crippen molar-refractivity contribution in [3.05, 3.63) is 71.2 Å². The van der Waals surface area contributed by atoms with Crippen molar-refractivity contribution in [2.45, 2.75) is 6.04 Å². The summed E-state index contributed by atoms with van der Waals surface area (Å²) < 4.78 is 2.00. The minimum absolute atomic E-state index is 0.156. The largest absolute Gasteiger partial charge is 0.336 e. The van der Waals surface area contributed by atoms with Crippen LogP contribution in [0.4, 0.5) is 10.5 Å². The molecule has 0 saturated heterocycles. The van der Waals surface area contributed by atoms with Gasteiger partial charge in [-0.25, -0.2) is 4.79 Å². The van der Waals surface area contributed by atoms with E-state index < -0.39 is 0 Å². The summed E-state index contributed by atoms with van der Waals surface area (Å²) in [7, 11) is 4.03. The van der Waals surface area contributed by atoms with E-state index in [-0.39, 0.29) is 12.1 Å². The standard InChI is InChI=1S/C19H22N4OS/c1-22(2)18(15-8-11-25-14-15)13-20-19(24)21-16-6-5-7-17(12-16)23-9-3-4-10-23/h3-12,14,18H,13H2,1-2H3,(H2,20,21,24). The third-order valence-electron chi connectivity index (χ3n) is 4.01. The number of benzene rings is 1. The quantitative estimate of drug-likeness (QED) is 0.704. The molecule has 25 heavy (non-hydrogen) atoms. The maximum Gasteiger partial charge on any atom is 0.319 e. The highest BCUT2D eigenvalue weighted by atomic mass is 32.1. The first kappa shape index (κ1) is 17.3. The lowest BCUT2D eigenvalue weighted by molar-refractivity contribution is 0.243. The second-order valence-electron chi connectivity index (χ2n) is 6.01. The molecular weight excluding hydrogens is 332 g/mol. The smallest absolute Gasteiger partial charge is 0.319 e. The van der Waals surface area contributed by atoms with E-state index in [4.69, 9.17) is 0 Å². The SMILES string of the molecule is CN(C)C(CNC(=O)Nc1cccc(-n2cccc2)c1)c1ccsc1. The first-order valence-corrected chi connectivity index (χ1v) is 9.04. The summed E-state index contributed by atoms with van der Waals surface area (Å²) in [5.74, 6) is 0. The number of urea groups is 1. The molecule has 0 aliphatic heterocycles. The number of rotatable bonds is 6. The summed E-state index contributed by atoms with van der Waals surface area (Å²) in [5, 5.41) is 10.0. The number of carbonyl (C=O) groups excluding carboxylic acids is 1. The van der Waals surface area contributed by atoms with E-state index in [9.17, 15) is 4.79 Å². The highest BCUT2D eigenvalue weighted by Gasteiger charge is 2.15. The molecule has 0 aliphatic carbocycles. The van der Waals surface area contributed by atoms with Gasteiger partial charge >= 0.3 is 6.03 Å². The van der Waals surface area contributed by atoms with Crippen molar-refractivity contribution >= 4 is 23.1 Å². The highest BCUT2D eigenvalue weighted by molar-refractivity contribution is 7.07. The molecule has 6 heteroatoms. The minimum Gasteiger partial charge on any atom is -0.336 e. The molecule has 3 aromatic rings. The Morgan fingerprint density at radius 3 is 2.68 bits per heavy atom. The molecule has 0 radical (unpaired) electrons. The topological polar surface area (TPSA) is 49.3 Å². The van der Waals surface area contributed by atoms with Gasteiger partial charge in [0.25, 0.3) is 0 Å². The number of hydrogen-bond acceptors (Lipinski definition) is 3. The molecule has 2 N–H and O–H groups in total. The molecule has 1 atom stereocenters. The molecule has 130 valence electrons. The Bertz CT molecular complexity index is 797. The van der Waals surface area contributed by atoms with Crippen molar-refractivity contribution in [1.29, 1.82) is 0 Å². The second-order valence-corrected chi connectivity index (χ2v) is 6.79. The van der Waals surface area contributed by atoms with Crippen LogP contribution in [0.3, 0.4) is 0 Å². The minimum atomic E-state index is -0.202. The fourth-order valence-electron chi connectivity index (χ4n) is 2.68. The summed E-state index contributed by atoms with van der Waals surface area (Å²) in [5.41, 5.74) is 2.98. The lowest BCUT2D eigenvalue weighted by Gasteiger charge is -2.24. The summed E-state index contributed by atoms with van der Waals surface area (Å²) >= 11 is 1.67. The fraction of sp³-hybridized carbons (Fsp3) is 0.211. The molecule has 1 aromatic carbocycles. The summed E-state index contributed by atoms with van der Waals surface area (Å²) in [4.78, 5) is 14.4. The van der Waals surface area contributed by atoms with Gasteiger partial charge in [0.15, 0.2) is 0 Å². The molecule has 2 aromatic heterocycles. The number of amides is 2. The van der Waals surface area contributed by atoms with Crippen molar-refractivity contribution in [3.63, 3.8) is 0 Å². The van der Waals surface area contributed by atoms with Crippen LogP contribution < -0.4 is 10.6 Å². The van der Waals surface area contributed by atoms with Crippen LogP contribution in [0.25, 0.3) is 5.69 Å². The van der Waals surface area contributed by atoms with Gasteiger partial charge in [0.2, 0.25) is 0 Å². The van der Waals surface area contributed by atoms with E-state index in [2.05, 4.69) is 32.4 Å². The van der Waals surface area contributed by atoms with Crippen LogP contribution in [-0.2, 0) is 0 Å². The Morgan fingerprint density at radius 1 is 1.20 bits per heavy atom. The molecule has 3 rings (SSSR count). The van der Waals surface area contributed by atoms with E-state index in [1.54, 1.807) is 11.3 Å². The molecule has 0 spiro atoms. The van der Waals surface area contributed by atoms with Crippen molar-refractivity contribution in [3.8, 4) is 5.69 Å². The second kappa shape index (κ2) is 8.00. The van der Waals surface area contributed by atoms with Gasteiger partial charge in [-0.3, -0.25) is 0 Å². The Balaban J connectivity index is 1.60. The van der Waals surface area contributed by atoms with Crippen molar-refractivity contribution in [2.75, 3.05) is 26.0 Å². The number of anilines is 1. The Kier molecular flexibility index (Phi) is 5.53. The number of thiophene rings is 1. The van der Waals surface area contributed by atoms with Gasteiger partial charge < -0.3 is 20.1 Å². The van der Waals surface area contributed by atoms with Gasteiger partial charge in [-0.05, 0) is 66.8 Å². The van der Waals surface area contributed by atoms with Crippen LogP contribution in [-0.4, -0.2) is 36.1 Å². The van der Waals surface area contributed by atoms with E-state index in [0.717, 1.165) is 11.4 Å². The zero-order valence-electron chi connectivity index (χ0n) is 14.3. The molecule has 5 nitrogen and oxygen atoms in total. The number of likely N-dealkylation sites (N-methyl/N-ethyl adjacent to an activating group) is 1. The van der Waals surface area contributed by atoms with Gasteiger partial charge in [-0.2, -0.15) is 11.3 Å². The lowest BCUT2D eigenvalue weighted by Crippen LogP contribution is -2.36. The summed E-state index contributed by atoms with van der Waals surface area (Å²) in [6.07, 6.45) is 3.95. The van der Waals surface area contributed by atoms with E-state index in [1.165, 1.54) is 5.56 Å². The van der Waals surface area contributed by atoms with Gasteiger partial charge in [-0.15, -0.1) is 0 Å². The average Bonchev–Trinajstić information content (AvgIpc) is 3.29. The molecule has 1 unspecified atom stereocenters. The fourth-order valence-corrected chi connectivity index (χ4v) is 3.39. The Labute approximate surface area is 151 Å². The molecule has 0 bridgehead atoms. The molecule has 2 amide bonds. The zero-order chi connectivity index (χ0) is 17.6. The third kappa shape index (κ3) is 4.49. The Morgan fingerprint density at radius 2 is 2.00 bits per heavy atom. The number of carbonyl (C=O) groups is 1. The van der Waals surface area contributed by atoms with Gasteiger partial charge in [0.1, 0.15) is 0 Å². The first-order chi connectivity index (χ1) is 12.1. The lowest BCUT2D eigenvalue weighted by atomic mass is 10.1. The van der Waals surface area contributed by atoms with E-state index in [1.807, 2.05) is 67.5 Å². The number of aromatic nitrogens is 1. The first-order valence-electron chi connectivity index (χ1n) is 8.10. The third-order valence-corrected chi connectivity index (χ3v) is 4.72. The molecule has 2 heterocycles. The normalized spacial score (nSPS) is 12.1. The van der Waals surface area contributed by atoms with Gasteiger partial charge in [0, 0.05) is 30.3 Å². The molecule has 0 fully saturated rings. The molecule has 0 aliphatic rings. The van der Waals surface area contributed by atoms with Crippen LogP contribution in [0, 0.1) is 0 Å². The predicted molar refractivity (Wildman–Crippen MR) is 104 cm³/mol. The summed E-state index contributed by atoms with van der Waals surface area (Å²) in [6.45, 7) is 0.548. The van der Waals surface area contributed by atoms with Crippen molar-refractivity contribution < 1.29 is 4.79 Å². The zero-order valence-corrected chi connectivity index (χ0v) is 15.2. The van der Waals surface area contributed by atoms with Crippen LogP contribution in [0.1, 0.15) is 11.6 Å². The number of hydrogen-bond donors (Lipinski definition) is 2. The number of nitrogens with zero attached hydrogens (tertiary/aromatic N) is 2. The van der Waals surface area contributed by atoms with Crippen LogP contribution >= 0.6 is 11.3 Å². The van der Waals surface area contributed by atoms with Crippen LogP contribution in [0.15, 0.2) is 65.6 Å². The summed E-state index contributed by atoms with van der Waals surface area (Å²) in [6, 6.07) is 13.7. The van der Waals surface area contributed by atoms with Crippen molar-refractivity contribution in [1.82, 2.24) is 14.8 Å². The van der Waals surface area contributed by atoms with Crippen LogP contribution in [0.5, 0.6) is 0 Å². The molecule has 0 saturated carbocycles. The monoisotopic (exact) mass is 354 g/mol. The van der Waals surface area contributed by atoms with E-state index >= 15 is 0 Å². The van der Waals surface area contributed by atoms with E-state index in [0.29, 0.717) is 6.54 Å². The Hall–Kier alpha value is -2.57.